The number of nitrogens with zero attached hydrogens (tertiary/aromatic N) is 3. The van der Waals surface area contributed by atoms with Crippen molar-refractivity contribution in [1.82, 2.24) is 14.8 Å². The van der Waals surface area contributed by atoms with Crippen LogP contribution in [-0.4, -0.2) is 66.1 Å². The van der Waals surface area contributed by atoms with Crippen LogP contribution in [0.15, 0.2) is 18.2 Å². The van der Waals surface area contributed by atoms with Crippen LogP contribution in [0.25, 0.3) is 0 Å². The number of hydrogen-bond donors (Lipinski definition) is 0. The van der Waals surface area contributed by atoms with E-state index in [2.05, 4.69) is 41.9 Å². The van der Waals surface area contributed by atoms with Gasteiger partial charge in [0.15, 0.2) is 0 Å². The number of ether oxygens (including phenoxy) is 1. The number of hydrogen-bond acceptors (Lipinski definition) is 4. The molecule has 1 aromatic heterocycles. The molecule has 2 aliphatic rings. The van der Waals surface area contributed by atoms with Crippen molar-refractivity contribution in [2.75, 3.05) is 39.4 Å². The Labute approximate surface area is 157 Å². The molecule has 0 saturated carbocycles. The van der Waals surface area contributed by atoms with Crippen LogP contribution in [0, 0.1) is 12.8 Å². The second-order valence-corrected chi connectivity index (χ2v) is 7.83. The van der Waals surface area contributed by atoms with Crippen LogP contribution in [0.4, 0.5) is 0 Å². The van der Waals surface area contributed by atoms with Crippen LogP contribution in [0.3, 0.4) is 0 Å². The minimum atomic E-state index is 0.314. The van der Waals surface area contributed by atoms with E-state index < -0.39 is 0 Å². The van der Waals surface area contributed by atoms with E-state index in [1.54, 1.807) is 0 Å². The average Bonchev–Trinajstić information content (AvgIpc) is 2.67. The van der Waals surface area contributed by atoms with E-state index in [0.29, 0.717) is 37.5 Å². The highest BCUT2D eigenvalue weighted by atomic mass is 16.5. The smallest absolute Gasteiger partial charge is 0.222 e. The van der Waals surface area contributed by atoms with Gasteiger partial charge in [-0.25, -0.2) is 0 Å². The number of pyridine rings is 1. The van der Waals surface area contributed by atoms with E-state index >= 15 is 0 Å². The summed E-state index contributed by atoms with van der Waals surface area (Å²) in [6.07, 6.45) is 5.18. The Morgan fingerprint density at radius 3 is 2.65 bits per heavy atom. The van der Waals surface area contributed by atoms with Gasteiger partial charge in [-0.3, -0.25) is 9.78 Å². The van der Waals surface area contributed by atoms with Gasteiger partial charge in [0.25, 0.3) is 0 Å². The number of likely N-dealkylation sites (tertiary alicyclic amines) is 1. The fraction of sp³-hybridized carbons (Fsp3) is 0.714. The van der Waals surface area contributed by atoms with Crippen molar-refractivity contribution >= 4 is 5.91 Å². The minimum Gasteiger partial charge on any atom is -0.378 e. The summed E-state index contributed by atoms with van der Waals surface area (Å²) in [5.41, 5.74) is 2.29. The van der Waals surface area contributed by atoms with E-state index in [-0.39, 0.29) is 0 Å². The topological polar surface area (TPSA) is 45.7 Å². The molecule has 0 aliphatic carbocycles. The molecular formula is C21H33N3O2. The van der Waals surface area contributed by atoms with Gasteiger partial charge in [-0.1, -0.05) is 6.07 Å². The molecule has 0 N–H and O–H groups in total. The Kier molecular flexibility index (Phi) is 7.03. The van der Waals surface area contributed by atoms with Gasteiger partial charge in [-0.2, -0.15) is 0 Å². The molecule has 2 fully saturated rings. The number of carbonyl (C=O) groups is 1. The number of carbonyl (C=O) groups excluding carboxylic acids is 1. The zero-order chi connectivity index (χ0) is 18.4. The first-order valence-electron chi connectivity index (χ1n) is 10.1. The lowest BCUT2D eigenvalue weighted by atomic mass is 9.91. The van der Waals surface area contributed by atoms with Gasteiger partial charge < -0.3 is 14.5 Å². The highest BCUT2D eigenvalue weighted by Gasteiger charge is 2.24. The predicted octanol–water partition coefficient (Wildman–Crippen LogP) is 2.67. The zero-order valence-electron chi connectivity index (χ0n) is 16.3. The molecule has 2 saturated heterocycles. The first-order chi connectivity index (χ1) is 12.6. The van der Waals surface area contributed by atoms with Crippen LogP contribution < -0.4 is 0 Å². The standard InChI is InChI=1S/C21H33N3O2/c1-17-4-3-5-20(22-17)16-18(2)23-10-8-19(9-11-23)6-7-21(25)24-12-14-26-15-13-24/h3-5,18-19H,6-16H2,1-2H3/t18-/m0/s1. The van der Waals surface area contributed by atoms with Crippen molar-refractivity contribution in [2.45, 2.75) is 52.0 Å². The van der Waals surface area contributed by atoms with Gasteiger partial charge in [0.2, 0.25) is 5.91 Å². The number of amides is 1. The van der Waals surface area contributed by atoms with Crippen molar-refractivity contribution in [2.24, 2.45) is 5.92 Å². The van der Waals surface area contributed by atoms with E-state index in [9.17, 15) is 4.79 Å². The first-order valence-corrected chi connectivity index (χ1v) is 10.1. The van der Waals surface area contributed by atoms with Crippen molar-refractivity contribution < 1.29 is 9.53 Å². The summed E-state index contributed by atoms with van der Waals surface area (Å²) in [5.74, 6) is 1.01. The van der Waals surface area contributed by atoms with Crippen LogP contribution in [0.5, 0.6) is 0 Å². The second-order valence-electron chi connectivity index (χ2n) is 7.83. The molecule has 2 aliphatic heterocycles. The molecule has 0 unspecified atom stereocenters. The molecule has 5 heteroatoms. The summed E-state index contributed by atoms with van der Waals surface area (Å²) in [5, 5.41) is 0. The summed E-state index contributed by atoms with van der Waals surface area (Å²) in [4.78, 5) is 21.5. The molecule has 144 valence electrons. The third-order valence-corrected chi connectivity index (χ3v) is 5.85. The van der Waals surface area contributed by atoms with Gasteiger partial charge in [0, 0.05) is 43.4 Å². The average molecular weight is 360 g/mol. The second kappa shape index (κ2) is 9.47. The molecule has 3 rings (SSSR count). The monoisotopic (exact) mass is 359 g/mol. The van der Waals surface area contributed by atoms with Crippen LogP contribution in [0.2, 0.25) is 0 Å². The Bertz CT molecular complexity index is 578. The molecule has 3 heterocycles. The number of aryl methyl sites for hydroxylation is 1. The van der Waals surface area contributed by atoms with E-state index in [4.69, 9.17) is 4.74 Å². The molecule has 0 spiro atoms. The number of aromatic nitrogens is 1. The maximum absolute atomic E-state index is 12.3. The summed E-state index contributed by atoms with van der Waals surface area (Å²) in [6, 6.07) is 6.81. The summed E-state index contributed by atoms with van der Waals surface area (Å²) in [6.45, 7) is 9.57. The molecule has 5 nitrogen and oxygen atoms in total. The molecule has 1 aromatic rings. The molecule has 1 amide bonds. The molecule has 1 atom stereocenters. The maximum Gasteiger partial charge on any atom is 0.222 e. The van der Waals surface area contributed by atoms with Gasteiger partial charge in [0.05, 0.1) is 13.2 Å². The lowest BCUT2D eigenvalue weighted by molar-refractivity contribution is -0.135. The lowest BCUT2D eigenvalue weighted by Gasteiger charge is -2.36. The van der Waals surface area contributed by atoms with Gasteiger partial charge in [-0.05, 0) is 64.3 Å². The van der Waals surface area contributed by atoms with Crippen LogP contribution in [0.1, 0.15) is 44.0 Å². The van der Waals surface area contributed by atoms with Crippen molar-refractivity contribution in [3.05, 3.63) is 29.6 Å². The maximum atomic E-state index is 12.3. The molecule has 0 bridgehead atoms. The molecular weight excluding hydrogens is 326 g/mol. The predicted molar refractivity (Wildman–Crippen MR) is 103 cm³/mol. The highest BCUT2D eigenvalue weighted by Crippen LogP contribution is 2.24. The van der Waals surface area contributed by atoms with E-state index in [1.807, 2.05) is 4.90 Å². The van der Waals surface area contributed by atoms with Gasteiger partial charge in [-0.15, -0.1) is 0 Å². The van der Waals surface area contributed by atoms with Crippen molar-refractivity contribution in [3.8, 4) is 0 Å². The number of morpholine rings is 1. The van der Waals surface area contributed by atoms with E-state index in [1.165, 1.54) is 18.5 Å². The van der Waals surface area contributed by atoms with Crippen LogP contribution in [-0.2, 0) is 16.0 Å². The lowest BCUT2D eigenvalue weighted by Crippen LogP contribution is -2.42. The molecule has 0 aromatic carbocycles. The van der Waals surface area contributed by atoms with Crippen LogP contribution >= 0.6 is 0 Å². The quantitative estimate of drug-likeness (QED) is 0.783. The van der Waals surface area contributed by atoms with E-state index in [0.717, 1.165) is 44.7 Å². The fourth-order valence-corrected chi connectivity index (χ4v) is 4.13. The number of rotatable bonds is 6. The zero-order valence-corrected chi connectivity index (χ0v) is 16.3. The molecule has 26 heavy (non-hydrogen) atoms. The summed E-state index contributed by atoms with van der Waals surface area (Å²) >= 11 is 0. The SMILES string of the molecule is Cc1cccc(C[C@H](C)N2CCC(CCC(=O)N3CCOCC3)CC2)n1. The largest absolute Gasteiger partial charge is 0.378 e. The fourth-order valence-electron chi connectivity index (χ4n) is 4.13. The van der Waals surface area contributed by atoms with Crippen molar-refractivity contribution in [3.63, 3.8) is 0 Å². The third-order valence-electron chi connectivity index (χ3n) is 5.85. The Hall–Kier alpha value is -1.46. The normalized spacial score (nSPS) is 20.9. The summed E-state index contributed by atoms with van der Waals surface area (Å²) in [7, 11) is 0. The first kappa shape index (κ1) is 19.3. The highest BCUT2D eigenvalue weighted by molar-refractivity contribution is 5.76. The minimum absolute atomic E-state index is 0.314. The van der Waals surface area contributed by atoms with Crippen molar-refractivity contribution in [1.29, 1.82) is 0 Å². The molecule has 0 radical (unpaired) electrons. The third kappa shape index (κ3) is 5.52. The van der Waals surface area contributed by atoms with Gasteiger partial charge >= 0.3 is 0 Å². The Balaban J connectivity index is 1.37. The summed E-state index contributed by atoms with van der Waals surface area (Å²) < 4.78 is 5.32. The Morgan fingerprint density at radius 2 is 1.96 bits per heavy atom. The number of piperidine rings is 1. The van der Waals surface area contributed by atoms with Gasteiger partial charge in [0.1, 0.15) is 0 Å². The Morgan fingerprint density at radius 1 is 1.23 bits per heavy atom.